The molecule has 0 aliphatic carbocycles. The average molecular weight is 251 g/mol. The van der Waals surface area contributed by atoms with Gasteiger partial charge >= 0.3 is 0 Å². The second-order valence-electron chi connectivity index (χ2n) is 3.70. The first-order valence-electron chi connectivity index (χ1n) is 5.23. The standard InChI is InChI=1S/C12H13NOS2/c1-9(8-14)6-7-15-12-13-10-4-2-3-5-11(10)16-12/h2-5,8-9H,6-7H2,1H3. The highest BCUT2D eigenvalue weighted by molar-refractivity contribution is 8.01. The molecule has 2 aromatic rings. The summed E-state index contributed by atoms with van der Waals surface area (Å²) in [6, 6.07) is 8.16. The molecular formula is C12H13NOS2. The molecule has 2 rings (SSSR count). The van der Waals surface area contributed by atoms with E-state index in [1.54, 1.807) is 23.1 Å². The van der Waals surface area contributed by atoms with Gasteiger partial charge in [0.05, 0.1) is 10.2 Å². The maximum atomic E-state index is 10.5. The molecule has 0 bridgehead atoms. The van der Waals surface area contributed by atoms with E-state index >= 15 is 0 Å². The SMILES string of the molecule is CC(C=O)CCSc1nc2ccccc2s1. The number of rotatable bonds is 5. The number of carbonyl (C=O) groups is 1. The topological polar surface area (TPSA) is 30.0 Å². The number of hydrogen-bond acceptors (Lipinski definition) is 4. The molecule has 84 valence electrons. The molecule has 1 aromatic heterocycles. The van der Waals surface area contributed by atoms with Gasteiger partial charge in [-0.05, 0) is 18.6 Å². The van der Waals surface area contributed by atoms with Gasteiger partial charge in [0.1, 0.15) is 6.29 Å². The first kappa shape index (κ1) is 11.6. The van der Waals surface area contributed by atoms with E-state index in [0.29, 0.717) is 0 Å². The summed E-state index contributed by atoms with van der Waals surface area (Å²) in [7, 11) is 0. The van der Waals surface area contributed by atoms with Crippen LogP contribution in [0.25, 0.3) is 10.2 Å². The van der Waals surface area contributed by atoms with Crippen molar-refractivity contribution in [3.8, 4) is 0 Å². The maximum absolute atomic E-state index is 10.5. The van der Waals surface area contributed by atoms with E-state index in [1.165, 1.54) is 4.70 Å². The number of thiazole rings is 1. The highest BCUT2D eigenvalue weighted by Gasteiger charge is 2.05. The lowest BCUT2D eigenvalue weighted by molar-refractivity contribution is -0.110. The zero-order valence-electron chi connectivity index (χ0n) is 9.05. The average Bonchev–Trinajstić information content (AvgIpc) is 2.71. The fraction of sp³-hybridized carbons (Fsp3) is 0.333. The minimum absolute atomic E-state index is 0.155. The first-order valence-corrected chi connectivity index (χ1v) is 7.03. The molecule has 0 spiro atoms. The van der Waals surface area contributed by atoms with Gasteiger partial charge in [-0.15, -0.1) is 11.3 Å². The van der Waals surface area contributed by atoms with Gasteiger partial charge < -0.3 is 4.79 Å². The van der Waals surface area contributed by atoms with Crippen molar-refractivity contribution in [2.45, 2.75) is 17.7 Å². The molecule has 0 aliphatic heterocycles. The lowest BCUT2D eigenvalue weighted by atomic mass is 10.1. The van der Waals surface area contributed by atoms with Crippen molar-refractivity contribution >= 4 is 39.6 Å². The molecule has 1 aromatic carbocycles. The predicted octanol–water partition coefficient (Wildman–Crippen LogP) is 3.61. The number of benzene rings is 1. The Balaban J connectivity index is 1.97. The van der Waals surface area contributed by atoms with E-state index in [9.17, 15) is 4.79 Å². The molecule has 0 radical (unpaired) electrons. The molecular weight excluding hydrogens is 238 g/mol. The zero-order chi connectivity index (χ0) is 11.4. The van der Waals surface area contributed by atoms with Crippen LogP contribution in [0.5, 0.6) is 0 Å². The number of thioether (sulfide) groups is 1. The second kappa shape index (κ2) is 5.46. The van der Waals surface area contributed by atoms with E-state index in [0.717, 1.165) is 28.3 Å². The third-order valence-corrected chi connectivity index (χ3v) is 4.52. The Morgan fingerprint density at radius 1 is 1.50 bits per heavy atom. The van der Waals surface area contributed by atoms with Crippen molar-refractivity contribution in [3.05, 3.63) is 24.3 Å². The molecule has 0 saturated carbocycles. The molecule has 1 heterocycles. The number of fused-ring (bicyclic) bond motifs is 1. The van der Waals surface area contributed by atoms with Crippen LogP contribution in [0, 0.1) is 5.92 Å². The second-order valence-corrected chi connectivity index (χ2v) is 6.07. The maximum Gasteiger partial charge on any atom is 0.151 e. The fourth-order valence-electron chi connectivity index (χ4n) is 1.31. The van der Waals surface area contributed by atoms with Gasteiger partial charge in [-0.2, -0.15) is 0 Å². The van der Waals surface area contributed by atoms with Crippen LogP contribution in [0.2, 0.25) is 0 Å². The van der Waals surface area contributed by atoms with Gasteiger partial charge in [0, 0.05) is 11.7 Å². The smallest absolute Gasteiger partial charge is 0.151 e. The van der Waals surface area contributed by atoms with Gasteiger partial charge in [-0.1, -0.05) is 30.8 Å². The van der Waals surface area contributed by atoms with Crippen LogP contribution < -0.4 is 0 Å². The summed E-state index contributed by atoms with van der Waals surface area (Å²) < 4.78 is 2.33. The molecule has 1 unspecified atom stereocenters. The Kier molecular flexibility index (Phi) is 3.96. The number of aromatic nitrogens is 1. The summed E-state index contributed by atoms with van der Waals surface area (Å²) in [5, 5.41) is 0. The van der Waals surface area contributed by atoms with Gasteiger partial charge in [0.2, 0.25) is 0 Å². The minimum atomic E-state index is 0.155. The molecule has 1 atom stereocenters. The Labute approximate surface area is 103 Å². The van der Waals surface area contributed by atoms with E-state index in [4.69, 9.17) is 0 Å². The molecule has 16 heavy (non-hydrogen) atoms. The lowest BCUT2D eigenvalue weighted by Gasteiger charge is -1.99. The highest BCUT2D eigenvalue weighted by Crippen LogP contribution is 2.29. The summed E-state index contributed by atoms with van der Waals surface area (Å²) in [4.78, 5) is 15.0. The van der Waals surface area contributed by atoms with Crippen molar-refractivity contribution < 1.29 is 4.79 Å². The van der Waals surface area contributed by atoms with Crippen LogP contribution in [-0.4, -0.2) is 17.0 Å². The van der Waals surface area contributed by atoms with Crippen LogP contribution in [0.15, 0.2) is 28.6 Å². The molecule has 0 amide bonds. The third-order valence-electron chi connectivity index (χ3n) is 2.31. The molecule has 2 nitrogen and oxygen atoms in total. The summed E-state index contributed by atoms with van der Waals surface area (Å²) in [6.07, 6.45) is 1.93. The van der Waals surface area contributed by atoms with Crippen LogP contribution >= 0.6 is 23.1 Å². The van der Waals surface area contributed by atoms with E-state index in [-0.39, 0.29) is 5.92 Å². The Hall–Kier alpha value is -0.870. The quantitative estimate of drug-likeness (QED) is 0.600. The number of para-hydroxylation sites is 1. The zero-order valence-corrected chi connectivity index (χ0v) is 10.7. The van der Waals surface area contributed by atoms with Crippen molar-refractivity contribution in [2.75, 3.05) is 5.75 Å². The number of carbonyl (C=O) groups excluding carboxylic acids is 1. The summed E-state index contributed by atoms with van der Waals surface area (Å²) >= 11 is 3.46. The van der Waals surface area contributed by atoms with Crippen molar-refractivity contribution in [1.29, 1.82) is 0 Å². The van der Waals surface area contributed by atoms with Crippen LogP contribution in [0.3, 0.4) is 0 Å². The van der Waals surface area contributed by atoms with Gasteiger partial charge in [0.15, 0.2) is 4.34 Å². The Bertz CT molecular complexity index is 448. The van der Waals surface area contributed by atoms with E-state index in [2.05, 4.69) is 11.1 Å². The van der Waals surface area contributed by atoms with E-state index < -0.39 is 0 Å². The molecule has 0 saturated heterocycles. The molecule has 0 fully saturated rings. The number of aldehydes is 1. The van der Waals surface area contributed by atoms with E-state index in [1.807, 2.05) is 25.1 Å². The first-order chi connectivity index (χ1) is 7.79. The van der Waals surface area contributed by atoms with Crippen molar-refractivity contribution in [2.24, 2.45) is 5.92 Å². The third kappa shape index (κ3) is 2.83. The van der Waals surface area contributed by atoms with Gasteiger partial charge in [-0.25, -0.2) is 4.98 Å². The van der Waals surface area contributed by atoms with Gasteiger partial charge in [0.25, 0.3) is 0 Å². The summed E-state index contributed by atoms with van der Waals surface area (Å²) in [6.45, 7) is 1.95. The predicted molar refractivity (Wildman–Crippen MR) is 70.2 cm³/mol. The molecule has 4 heteroatoms. The largest absolute Gasteiger partial charge is 0.303 e. The molecule has 0 N–H and O–H groups in total. The van der Waals surface area contributed by atoms with Crippen molar-refractivity contribution in [1.82, 2.24) is 4.98 Å². The number of nitrogens with zero attached hydrogens (tertiary/aromatic N) is 1. The normalized spacial score (nSPS) is 12.8. The molecule has 0 aliphatic rings. The Morgan fingerprint density at radius 3 is 3.06 bits per heavy atom. The van der Waals surface area contributed by atoms with Gasteiger partial charge in [-0.3, -0.25) is 0 Å². The monoisotopic (exact) mass is 251 g/mol. The highest BCUT2D eigenvalue weighted by atomic mass is 32.2. The Morgan fingerprint density at radius 2 is 2.31 bits per heavy atom. The van der Waals surface area contributed by atoms with Crippen LogP contribution in [0.4, 0.5) is 0 Å². The summed E-state index contributed by atoms with van der Waals surface area (Å²) in [5.74, 6) is 1.11. The fourth-order valence-corrected chi connectivity index (χ4v) is 3.59. The lowest BCUT2D eigenvalue weighted by Crippen LogP contribution is -1.96. The van der Waals surface area contributed by atoms with Crippen molar-refractivity contribution in [3.63, 3.8) is 0 Å². The minimum Gasteiger partial charge on any atom is -0.303 e. The summed E-state index contributed by atoms with van der Waals surface area (Å²) in [5.41, 5.74) is 1.07. The number of hydrogen-bond donors (Lipinski definition) is 0. The van der Waals surface area contributed by atoms with Crippen LogP contribution in [0.1, 0.15) is 13.3 Å². The van der Waals surface area contributed by atoms with Crippen LogP contribution in [-0.2, 0) is 4.79 Å².